The molecule has 0 aliphatic rings. The highest BCUT2D eigenvalue weighted by molar-refractivity contribution is 4.48. The Morgan fingerprint density at radius 3 is 1.38 bits per heavy atom. The quantitative estimate of drug-likeness (QED) is 0.483. The minimum absolute atomic E-state index is 1.19. The van der Waals surface area contributed by atoms with E-state index in [1.54, 1.807) is 0 Å². The van der Waals surface area contributed by atoms with Gasteiger partial charge in [-0.25, -0.2) is 0 Å². The minimum atomic E-state index is 1.19. The highest BCUT2D eigenvalue weighted by Gasteiger charge is 1.91. The highest BCUT2D eigenvalue weighted by atomic mass is 14.8. The van der Waals surface area contributed by atoms with Crippen LogP contribution in [0.15, 0.2) is 0 Å². The summed E-state index contributed by atoms with van der Waals surface area (Å²) in [5.41, 5.74) is 0. The van der Waals surface area contributed by atoms with Crippen LogP contribution >= 0.6 is 0 Å². The summed E-state index contributed by atoms with van der Waals surface area (Å²) in [7, 11) is 2.04. The topological polar surface area (TPSA) is 12.0 Å². The number of nitrogens with one attached hydrogen (secondary N) is 1. The van der Waals surface area contributed by atoms with Crippen LogP contribution in [-0.4, -0.2) is 13.6 Å². The predicted molar refractivity (Wildman–Crippen MR) is 77.1 cm³/mol. The van der Waals surface area contributed by atoms with Crippen molar-refractivity contribution in [2.45, 2.75) is 85.0 Å². The van der Waals surface area contributed by atoms with Gasteiger partial charge in [0.2, 0.25) is 0 Å². The largest absolute Gasteiger partial charge is 0.320 e. The molecule has 0 saturated heterocycles. The molecule has 0 aromatic heterocycles. The molecule has 16 heavy (non-hydrogen) atoms. The second-order valence-electron chi connectivity index (χ2n) is 4.29. The molecule has 0 aliphatic heterocycles. The Bertz CT molecular complexity index is 79.4. The number of rotatable bonds is 11. The van der Waals surface area contributed by atoms with Crippen LogP contribution in [0.25, 0.3) is 0 Å². The lowest BCUT2D eigenvalue weighted by atomic mass is 10.1. The summed E-state index contributed by atoms with van der Waals surface area (Å²) < 4.78 is 0. The molecular weight excluding hydrogens is 194 g/mol. The summed E-state index contributed by atoms with van der Waals surface area (Å²) in [6.45, 7) is 7.47. The van der Waals surface area contributed by atoms with Gasteiger partial charge in [-0.15, -0.1) is 0 Å². The van der Waals surface area contributed by atoms with Gasteiger partial charge in [-0.05, 0) is 20.0 Å². The summed E-state index contributed by atoms with van der Waals surface area (Å²) in [6, 6.07) is 0. The molecule has 100 valence electrons. The third kappa shape index (κ3) is 19.5. The van der Waals surface area contributed by atoms with E-state index in [0.29, 0.717) is 0 Å². The zero-order chi connectivity index (χ0) is 12.5. The van der Waals surface area contributed by atoms with Crippen LogP contribution < -0.4 is 5.32 Å². The van der Waals surface area contributed by atoms with Gasteiger partial charge in [0.25, 0.3) is 0 Å². The van der Waals surface area contributed by atoms with Gasteiger partial charge in [-0.3, -0.25) is 0 Å². The summed E-state index contributed by atoms with van der Waals surface area (Å²) in [5.74, 6) is 0. The molecule has 0 unspecified atom stereocenters. The van der Waals surface area contributed by atoms with Gasteiger partial charge < -0.3 is 5.32 Å². The van der Waals surface area contributed by atoms with Crippen LogP contribution in [0.1, 0.15) is 85.0 Å². The average molecular weight is 229 g/mol. The smallest absolute Gasteiger partial charge is 0.00519 e. The van der Waals surface area contributed by atoms with Gasteiger partial charge in [0, 0.05) is 0 Å². The lowest BCUT2D eigenvalue weighted by Crippen LogP contribution is -2.06. The zero-order valence-electron chi connectivity index (χ0n) is 12.3. The SMILES string of the molecule is CC.CCCCCCCCCCCCNC. The Hall–Kier alpha value is -0.0400. The lowest BCUT2D eigenvalue weighted by Gasteiger charge is -2.01. The molecule has 0 spiro atoms. The van der Waals surface area contributed by atoms with E-state index in [1.807, 2.05) is 20.9 Å². The summed E-state index contributed by atoms with van der Waals surface area (Å²) in [6.07, 6.45) is 14.3. The summed E-state index contributed by atoms with van der Waals surface area (Å²) >= 11 is 0. The third-order valence-electron chi connectivity index (χ3n) is 2.78. The van der Waals surface area contributed by atoms with Gasteiger partial charge in [-0.2, -0.15) is 0 Å². The van der Waals surface area contributed by atoms with Crippen molar-refractivity contribution in [3.8, 4) is 0 Å². The third-order valence-corrected chi connectivity index (χ3v) is 2.78. The maximum absolute atomic E-state index is 3.19. The Morgan fingerprint density at radius 1 is 0.625 bits per heavy atom. The van der Waals surface area contributed by atoms with Crippen molar-refractivity contribution in [2.24, 2.45) is 0 Å². The second kappa shape index (κ2) is 20.4. The Kier molecular flexibility index (Phi) is 23.3. The molecule has 0 atom stereocenters. The van der Waals surface area contributed by atoms with Crippen molar-refractivity contribution in [3.63, 3.8) is 0 Å². The second-order valence-corrected chi connectivity index (χ2v) is 4.29. The van der Waals surface area contributed by atoms with E-state index < -0.39 is 0 Å². The minimum Gasteiger partial charge on any atom is -0.320 e. The van der Waals surface area contributed by atoms with E-state index in [1.165, 1.54) is 70.8 Å². The first-order valence-electron chi connectivity index (χ1n) is 7.56. The molecule has 0 rings (SSSR count). The van der Waals surface area contributed by atoms with E-state index in [-0.39, 0.29) is 0 Å². The number of hydrogen-bond acceptors (Lipinski definition) is 1. The molecule has 0 aromatic carbocycles. The molecule has 0 amide bonds. The van der Waals surface area contributed by atoms with Crippen molar-refractivity contribution >= 4 is 0 Å². The first kappa shape index (κ1) is 18.3. The molecule has 1 nitrogen and oxygen atoms in total. The maximum Gasteiger partial charge on any atom is -0.00519 e. The molecular formula is C15H35N. The first-order valence-corrected chi connectivity index (χ1v) is 7.56. The molecule has 0 bridgehead atoms. The Morgan fingerprint density at radius 2 is 1.00 bits per heavy atom. The van der Waals surface area contributed by atoms with Crippen molar-refractivity contribution in [3.05, 3.63) is 0 Å². The van der Waals surface area contributed by atoms with Crippen LogP contribution in [0.2, 0.25) is 0 Å². The van der Waals surface area contributed by atoms with Crippen LogP contribution in [0.5, 0.6) is 0 Å². The van der Waals surface area contributed by atoms with Crippen molar-refractivity contribution in [1.82, 2.24) is 5.32 Å². The fourth-order valence-electron chi connectivity index (χ4n) is 1.79. The van der Waals surface area contributed by atoms with Crippen LogP contribution in [0, 0.1) is 0 Å². The van der Waals surface area contributed by atoms with Crippen LogP contribution in [0.4, 0.5) is 0 Å². The van der Waals surface area contributed by atoms with Gasteiger partial charge in [0.05, 0.1) is 0 Å². The highest BCUT2D eigenvalue weighted by Crippen LogP contribution is 2.09. The molecule has 0 radical (unpaired) electrons. The van der Waals surface area contributed by atoms with Gasteiger partial charge in [0.1, 0.15) is 0 Å². The van der Waals surface area contributed by atoms with E-state index >= 15 is 0 Å². The number of unbranched alkanes of at least 4 members (excludes halogenated alkanes) is 9. The van der Waals surface area contributed by atoms with Crippen molar-refractivity contribution in [2.75, 3.05) is 13.6 Å². The molecule has 0 aromatic rings. The monoisotopic (exact) mass is 229 g/mol. The Labute approximate surface area is 104 Å². The molecule has 1 N–H and O–H groups in total. The van der Waals surface area contributed by atoms with Crippen LogP contribution in [-0.2, 0) is 0 Å². The summed E-state index contributed by atoms with van der Waals surface area (Å²) in [4.78, 5) is 0. The number of hydrogen-bond donors (Lipinski definition) is 1. The van der Waals surface area contributed by atoms with E-state index in [2.05, 4.69) is 12.2 Å². The van der Waals surface area contributed by atoms with Crippen molar-refractivity contribution < 1.29 is 0 Å². The molecule has 0 fully saturated rings. The van der Waals surface area contributed by atoms with Gasteiger partial charge >= 0.3 is 0 Å². The first-order chi connectivity index (χ1) is 7.91. The van der Waals surface area contributed by atoms with E-state index in [4.69, 9.17) is 0 Å². The van der Waals surface area contributed by atoms with Crippen LogP contribution in [0.3, 0.4) is 0 Å². The molecule has 1 heteroatoms. The van der Waals surface area contributed by atoms with E-state index in [9.17, 15) is 0 Å². The molecule has 0 saturated carbocycles. The standard InChI is InChI=1S/C13H29N.C2H6/c1-3-4-5-6-7-8-9-10-11-12-13-14-2;1-2/h14H,3-13H2,1-2H3;1-2H3. The Balaban J connectivity index is 0. The average Bonchev–Trinajstić information content (AvgIpc) is 2.34. The fourth-order valence-corrected chi connectivity index (χ4v) is 1.79. The molecule has 0 aliphatic carbocycles. The molecule has 0 heterocycles. The lowest BCUT2D eigenvalue weighted by molar-refractivity contribution is 0.551. The van der Waals surface area contributed by atoms with E-state index in [0.717, 1.165) is 0 Å². The van der Waals surface area contributed by atoms with Gasteiger partial charge in [-0.1, -0.05) is 78.6 Å². The zero-order valence-corrected chi connectivity index (χ0v) is 12.3. The summed E-state index contributed by atoms with van der Waals surface area (Å²) in [5, 5.41) is 3.19. The predicted octanol–water partition coefficient (Wildman–Crippen LogP) is 5.15. The fraction of sp³-hybridized carbons (Fsp3) is 1.00. The normalized spacial score (nSPS) is 9.75. The van der Waals surface area contributed by atoms with Crippen molar-refractivity contribution in [1.29, 1.82) is 0 Å². The van der Waals surface area contributed by atoms with Gasteiger partial charge in [0.15, 0.2) is 0 Å². The maximum atomic E-state index is 3.19.